The minimum atomic E-state index is 0.0940. The smallest absolute Gasteiger partial charge is 0.101 e. The highest BCUT2D eigenvalue weighted by molar-refractivity contribution is 7.27. The minimum absolute atomic E-state index is 0.0940. The summed E-state index contributed by atoms with van der Waals surface area (Å²) in [6.45, 7) is 6.31. The van der Waals surface area contributed by atoms with Crippen molar-refractivity contribution in [1.29, 1.82) is 10.5 Å². The van der Waals surface area contributed by atoms with Gasteiger partial charge in [0.15, 0.2) is 0 Å². The van der Waals surface area contributed by atoms with Gasteiger partial charge in [0.25, 0.3) is 0 Å². The number of hydrogen-bond donors (Lipinski definition) is 0. The Balaban J connectivity index is 1.43. The third-order valence-electron chi connectivity index (χ3n) is 11.3. The van der Waals surface area contributed by atoms with E-state index in [4.69, 9.17) is 0 Å². The number of nitrogens with zero attached hydrogens (tertiary/aromatic N) is 5. The van der Waals surface area contributed by atoms with Crippen LogP contribution in [0.2, 0.25) is 0 Å². The third-order valence-corrected chi connectivity index (χ3v) is 13.7. The first-order chi connectivity index (χ1) is 28.1. The average molecular weight is 764 g/mol. The number of rotatable bonds is 5. The predicted octanol–water partition coefficient (Wildman–Crippen LogP) is 13.9. The molecule has 0 spiro atoms. The van der Waals surface area contributed by atoms with Crippen LogP contribution in [0.15, 0.2) is 164 Å². The van der Waals surface area contributed by atoms with Gasteiger partial charge < -0.3 is 9.13 Å². The van der Waals surface area contributed by atoms with Crippen LogP contribution in [0.25, 0.3) is 101 Å². The number of thiophene rings is 2. The molecule has 0 unspecified atom stereocenters. The lowest BCUT2D eigenvalue weighted by molar-refractivity contribution is 1.16. The first-order valence-corrected chi connectivity index (χ1v) is 20.2. The van der Waals surface area contributed by atoms with Crippen molar-refractivity contribution in [2.24, 2.45) is 0 Å². The van der Waals surface area contributed by atoms with Crippen molar-refractivity contribution < 1.29 is 0 Å². The number of allylic oxidation sites excluding steroid dienone is 5. The van der Waals surface area contributed by atoms with Gasteiger partial charge in [0.05, 0.1) is 54.4 Å². The van der Waals surface area contributed by atoms with Crippen LogP contribution >= 0.6 is 22.7 Å². The summed E-state index contributed by atoms with van der Waals surface area (Å²) in [6, 6.07) is 51.7. The van der Waals surface area contributed by atoms with Gasteiger partial charge in [0.2, 0.25) is 0 Å². The van der Waals surface area contributed by atoms with E-state index in [1.54, 1.807) is 35.1 Å². The maximum atomic E-state index is 11.1. The molecule has 0 aliphatic carbocycles. The van der Waals surface area contributed by atoms with Crippen LogP contribution < -0.4 is 0 Å². The molecule has 5 nitrogen and oxygen atoms in total. The third kappa shape index (κ3) is 4.68. The van der Waals surface area contributed by atoms with Crippen LogP contribution in [0.5, 0.6) is 0 Å². The fourth-order valence-electron chi connectivity index (χ4n) is 8.85. The van der Waals surface area contributed by atoms with Crippen LogP contribution in [-0.2, 0) is 0 Å². The first kappa shape index (κ1) is 33.1. The summed E-state index contributed by atoms with van der Waals surface area (Å²) >= 11 is 3.58. The molecule has 0 bridgehead atoms. The molecule has 6 aromatic carbocycles. The van der Waals surface area contributed by atoms with Crippen molar-refractivity contribution in [3.8, 4) is 12.1 Å². The van der Waals surface area contributed by atoms with Gasteiger partial charge in [0, 0.05) is 76.2 Å². The normalized spacial score (nSPS) is 12.9. The predicted molar refractivity (Wildman–Crippen MR) is 241 cm³/mol. The zero-order chi connectivity index (χ0) is 38.4. The summed E-state index contributed by atoms with van der Waals surface area (Å²) < 4.78 is 9.50. The number of benzene rings is 6. The Labute approximate surface area is 334 Å². The Hall–Kier alpha value is -7.29. The Bertz CT molecular complexity index is 3690. The summed E-state index contributed by atoms with van der Waals surface area (Å²) in [5.41, 5.74) is 7.54. The fraction of sp³-hybridized carbons (Fsp3) is 0.0200. The summed E-state index contributed by atoms with van der Waals surface area (Å²) in [6.07, 6.45) is 3.48. The van der Waals surface area contributed by atoms with E-state index in [1.165, 1.54) is 35.6 Å². The molecular formula is C50H29N5S2. The molecule has 0 fully saturated rings. The van der Waals surface area contributed by atoms with Crippen molar-refractivity contribution in [1.82, 2.24) is 14.1 Å². The van der Waals surface area contributed by atoms with Crippen molar-refractivity contribution >= 4 is 124 Å². The van der Waals surface area contributed by atoms with E-state index in [2.05, 4.69) is 161 Å². The van der Waals surface area contributed by atoms with E-state index in [0.717, 1.165) is 65.3 Å². The Morgan fingerprint density at radius 1 is 0.544 bits per heavy atom. The van der Waals surface area contributed by atoms with Crippen LogP contribution in [0, 0.1) is 22.7 Å². The quantitative estimate of drug-likeness (QED) is 0.129. The van der Waals surface area contributed by atoms with Gasteiger partial charge >= 0.3 is 0 Å². The number of aromatic nitrogens is 3. The summed E-state index contributed by atoms with van der Waals surface area (Å²) in [5.74, 6) is 0. The van der Waals surface area contributed by atoms with E-state index in [-0.39, 0.29) is 11.1 Å². The lowest BCUT2D eigenvalue weighted by Crippen LogP contribution is -2.09. The summed E-state index contributed by atoms with van der Waals surface area (Å²) in [5, 5.41) is 30.8. The molecule has 11 aromatic rings. The Kier molecular flexibility index (Phi) is 7.33. The van der Waals surface area contributed by atoms with Gasteiger partial charge in [-0.2, -0.15) is 10.5 Å². The number of fused-ring (bicyclic) bond motifs is 14. The molecule has 0 aliphatic rings. The highest BCUT2D eigenvalue weighted by Crippen LogP contribution is 2.49. The largest absolute Gasteiger partial charge is 0.310 e. The van der Waals surface area contributed by atoms with E-state index in [1.807, 2.05) is 12.1 Å². The summed E-state index contributed by atoms with van der Waals surface area (Å²) in [7, 11) is 0. The molecule has 57 heavy (non-hydrogen) atoms. The second-order valence-corrected chi connectivity index (χ2v) is 16.3. The molecule has 0 amide bonds. The SMILES string of the molecule is C=C(C#N)/C(C#N)=C(\C(=C(/C)n1c2ccccc2c2ccc3c4ccccc4sc3c21)n1c2ccccc2c2ccc3c4ccccc4sc3c21)c1ccncc1. The molecule has 0 saturated carbocycles. The van der Waals surface area contributed by atoms with Gasteiger partial charge in [-0.25, -0.2) is 0 Å². The molecule has 0 aliphatic heterocycles. The zero-order valence-electron chi connectivity index (χ0n) is 30.6. The molecule has 5 heterocycles. The fourth-order valence-corrected chi connectivity index (χ4v) is 11.3. The van der Waals surface area contributed by atoms with Crippen LogP contribution in [0.4, 0.5) is 0 Å². The second kappa shape index (κ2) is 12.6. The monoisotopic (exact) mass is 763 g/mol. The van der Waals surface area contributed by atoms with E-state index < -0.39 is 0 Å². The number of pyridine rings is 1. The van der Waals surface area contributed by atoms with Crippen molar-refractivity contribution in [3.05, 3.63) is 169 Å². The molecule has 0 N–H and O–H groups in total. The zero-order valence-corrected chi connectivity index (χ0v) is 32.2. The van der Waals surface area contributed by atoms with Gasteiger partial charge in [-0.05, 0) is 48.9 Å². The van der Waals surface area contributed by atoms with E-state index >= 15 is 0 Å². The molecule has 0 atom stereocenters. The van der Waals surface area contributed by atoms with E-state index in [9.17, 15) is 10.5 Å². The number of para-hydroxylation sites is 2. The molecule has 7 heteroatoms. The highest BCUT2D eigenvalue weighted by atomic mass is 32.1. The van der Waals surface area contributed by atoms with Gasteiger partial charge in [-0.3, -0.25) is 4.98 Å². The maximum absolute atomic E-state index is 11.1. The second-order valence-electron chi connectivity index (χ2n) is 14.2. The maximum Gasteiger partial charge on any atom is 0.101 e. The lowest BCUT2D eigenvalue weighted by Gasteiger charge is -2.23. The van der Waals surface area contributed by atoms with Crippen molar-refractivity contribution in [2.75, 3.05) is 0 Å². The van der Waals surface area contributed by atoms with Crippen LogP contribution in [0.3, 0.4) is 0 Å². The van der Waals surface area contributed by atoms with Crippen LogP contribution in [0.1, 0.15) is 12.5 Å². The Morgan fingerprint density at radius 2 is 1.02 bits per heavy atom. The van der Waals surface area contributed by atoms with Gasteiger partial charge in [-0.15, -0.1) is 22.7 Å². The Morgan fingerprint density at radius 3 is 1.56 bits per heavy atom. The summed E-state index contributed by atoms with van der Waals surface area (Å²) in [4.78, 5) is 4.38. The standard InChI is InChI=1S/C50H29N5S2/c1-29(27-51)40(28-52)45(31-23-25-53-26-24-31)46(55-42-16-8-4-12-33(42)37-20-22-39-35-14-6-10-18-44(35)57-50(39)48(37)55)30(2)54-41-15-7-3-11-32(41)36-19-21-38-34-13-5-9-17-43(34)56-49(38)47(36)54/h3-26H,1H2,2H3/b45-40-,46-30-. The topological polar surface area (TPSA) is 70.3 Å². The average Bonchev–Trinajstić information content (AvgIpc) is 4.01. The molecule has 11 rings (SSSR count). The first-order valence-electron chi connectivity index (χ1n) is 18.6. The van der Waals surface area contributed by atoms with Crippen molar-refractivity contribution in [2.45, 2.75) is 6.92 Å². The number of hydrogen-bond acceptors (Lipinski definition) is 5. The lowest BCUT2D eigenvalue weighted by atomic mass is 9.93. The highest BCUT2D eigenvalue weighted by Gasteiger charge is 2.28. The molecular weight excluding hydrogens is 735 g/mol. The van der Waals surface area contributed by atoms with E-state index in [0.29, 0.717) is 5.57 Å². The molecule has 0 radical (unpaired) electrons. The van der Waals surface area contributed by atoms with Crippen LogP contribution in [-0.4, -0.2) is 14.1 Å². The number of nitriles is 2. The minimum Gasteiger partial charge on any atom is -0.310 e. The molecule has 266 valence electrons. The van der Waals surface area contributed by atoms with Gasteiger partial charge in [-0.1, -0.05) is 104 Å². The van der Waals surface area contributed by atoms with Crippen molar-refractivity contribution in [3.63, 3.8) is 0 Å². The molecule has 5 aromatic heterocycles. The molecule has 0 saturated heterocycles. The van der Waals surface area contributed by atoms with Gasteiger partial charge in [0.1, 0.15) is 6.07 Å².